The maximum absolute atomic E-state index is 13.8. The Bertz CT molecular complexity index is 2250. The lowest BCUT2D eigenvalue weighted by atomic mass is 10.1. The van der Waals surface area contributed by atoms with Gasteiger partial charge in [-0.1, -0.05) is 96.0 Å². The second kappa shape index (κ2) is 17.2. The number of amides is 3. The van der Waals surface area contributed by atoms with Gasteiger partial charge >= 0.3 is 0 Å². The Kier molecular flexibility index (Phi) is 12.1. The molecule has 3 amide bonds. The molecule has 0 spiro atoms. The standard InChI is InChI=1S/C40H30Cl2N4O4S2/c1-50-31-16-8-14-28(20-31)35-24-51-40(45-35)46-39(49)36(25-10-4-2-5-11-25)52-32-17-9-15-30(23-32)43-38(48)34(21-27-18-19-29(41)22-33(27)42)44-37(47)26-12-6-3-7-13-26/h2-24,36H,1H3,(H,43,48)(H,44,47)(H,45,46,49)/b34-21+. The lowest BCUT2D eigenvalue weighted by Crippen LogP contribution is -2.30. The first-order valence-electron chi connectivity index (χ1n) is 15.8. The molecule has 0 aliphatic rings. The van der Waals surface area contributed by atoms with Crippen molar-refractivity contribution in [2.45, 2.75) is 10.1 Å². The number of benzene rings is 5. The van der Waals surface area contributed by atoms with E-state index < -0.39 is 17.1 Å². The van der Waals surface area contributed by atoms with Crippen molar-refractivity contribution in [2.75, 3.05) is 17.7 Å². The molecule has 0 saturated heterocycles. The highest BCUT2D eigenvalue weighted by Crippen LogP contribution is 2.38. The Morgan fingerprint density at radius 2 is 1.58 bits per heavy atom. The van der Waals surface area contributed by atoms with E-state index in [1.165, 1.54) is 29.2 Å². The smallest absolute Gasteiger partial charge is 0.272 e. The highest BCUT2D eigenvalue weighted by atomic mass is 35.5. The third-order valence-electron chi connectivity index (χ3n) is 7.58. The Hall–Kier alpha value is -5.39. The normalized spacial score (nSPS) is 11.7. The number of anilines is 2. The fourth-order valence-electron chi connectivity index (χ4n) is 5.02. The number of hydrogen-bond acceptors (Lipinski definition) is 7. The molecular weight excluding hydrogens is 736 g/mol. The Labute approximate surface area is 318 Å². The topological polar surface area (TPSA) is 109 Å². The third-order valence-corrected chi connectivity index (χ3v) is 10.1. The minimum Gasteiger partial charge on any atom is -0.497 e. The average molecular weight is 766 g/mol. The minimum atomic E-state index is -0.649. The Balaban J connectivity index is 1.22. The van der Waals surface area contributed by atoms with E-state index in [1.54, 1.807) is 73.8 Å². The summed E-state index contributed by atoms with van der Waals surface area (Å²) in [6, 6.07) is 37.5. The van der Waals surface area contributed by atoms with Crippen LogP contribution in [0.2, 0.25) is 10.0 Å². The predicted octanol–water partition coefficient (Wildman–Crippen LogP) is 10.0. The van der Waals surface area contributed by atoms with Crippen LogP contribution >= 0.6 is 46.3 Å². The molecule has 1 atom stereocenters. The van der Waals surface area contributed by atoms with Crippen molar-refractivity contribution in [1.82, 2.24) is 10.3 Å². The summed E-state index contributed by atoms with van der Waals surface area (Å²) in [6.07, 6.45) is 1.49. The third kappa shape index (κ3) is 9.48. The van der Waals surface area contributed by atoms with Crippen LogP contribution in [0.1, 0.15) is 26.7 Å². The lowest BCUT2D eigenvalue weighted by Gasteiger charge is -2.17. The van der Waals surface area contributed by atoms with Crippen molar-refractivity contribution >= 4 is 80.9 Å². The first-order chi connectivity index (χ1) is 25.2. The maximum atomic E-state index is 13.8. The summed E-state index contributed by atoms with van der Waals surface area (Å²) in [6.45, 7) is 0. The van der Waals surface area contributed by atoms with Crippen LogP contribution < -0.4 is 20.7 Å². The van der Waals surface area contributed by atoms with Crippen molar-refractivity contribution < 1.29 is 19.1 Å². The van der Waals surface area contributed by atoms with Gasteiger partial charge in [-0.15, -0.1) is 23.1 Å². The summed E-state index contributed by atoms with van der Waals surface area (Å²) in [5.74, 6) is -0.592. The van der Waals surface area contributed by atoms with Gasteiger partial charge in [-0.05, 0) is 71.8 Å². The molecule has 12 heteroatoms. The van der Waals surface area contributed by atoms with Crippen molar-refractivity contribution in [3.8, 4) is 17.0 Å². The largest absolute Gasteiger partial charge is 0.497 e. The number of thioether (sulfide) groups is 1. The number of hydrogen-bond donors (Lipinski definition) is 3. The fourth-order valence-corrected chi connectivity index (χ4v) is 7.29. The first kappa shape index (κ1) is 36.4. The molecule has 0 radical (unpaired) electrons. The van der Waals surface area contributed by atoms with Gasteiger partial charge < -0.3 is 20.7 Å². The monoisotopic (exact) mass is 764 g/mol. The molecule has 8 nitrogen and oxygen atoms in total. The zero-order valence-corrected chi connectivity index (χ0v) is 30.7. The molecular formula is C40H30Cl2N4O4S2. The highest BCUT2D eigenvalue weighted by Gasteiger charge is 2.24. The molecule has 6 rings (SSSR count). The van der Waals surface area contributed by atoms with Gasteiger partial charge in [0.05, 0.1) is 12.8 Å². The van der Waals surface area contributed by atoms with Crippen LogP contribution in [0, 0.1) is 0 Å². The van der Waals surface area contributed by atoms with E-state index in [9.17, 15) is 14.4 Å². The fraction of sp³-hybridized carbons (Fsp3) is 0.0500. The zero-order valence-electron chi connectivity index (χ0n) is 27.5. The van der Waals surface area contributed by atoms with E-state index in [4.69, 9.17) is 27.9 Å². The molecule has 3 N–H and O–H groups in total. The Morgan fingerprint density at radius 3 is 2.33 bits per heavy atom. The summed E-state index contributed by atoms with van der Waals surface area (Å²) in [4.78, 5) is 46.0. The lowest BCUT2D eigenvalue weighted by molar-refractivity contribution is -0.116. The number of carbonyl (C=O) groups is 3. The molecule has 52 heavy (non-hydrogen) atoms. The number of thiazole rings is 1. The Morgan fingerprint density at radius 1 is 0.827 bits per heavy atom. The second-order valence-electron chi connectivity index (χ2n) is 11.2. The van der Waals surface area contributed by atoms with Gasteiger partial charge in [-0.3, -0.25) is 14.4 Å². The van der Waals surface area contributed by atoms with E-state index in [1.807, 2.05) is 66.0 Å². The second-order valence-corrected chi connectivity index (χ2v) is 14.1. The summed E-state index contributed by atoms with van der Waals surface area (Å²) in [5, 5.41) is 11.0. The molecule has 1 heterocycles. The number of methoxy groups -OCH3 is 1. The molecule has 260 valence electrons. The summed E-state index contributed by atoms with van der Waals surface area (Å²) < 4.78 is 5.34. The predicted molar refractivity (Wildman–Crippen MR) is 211 cm³/mol. The summed E-state index contributed by atoms with van der Waals surface area (Å²) in [5.41, 5.74) is 3.66. The van der Waals surface area contributed by atoms with E-state index >= 15 is 0 Å². The van der Waals surface area contributed by atoms with Gasteiger partial charge in [0, 0.05) is 37.1 Å². The van der Waals surface area contributed by atoms with E-state index in [0.717, 1.165) is 21.7 Å². The van der Waals surface area contributed by atoms with Gasteiger partial charge in [-0.2, -0.15) is 0 Å². The number of rotatable bonds is 12. The van der Waals surface area contributed by atoms with E-state index in [0.29, 0.717) is 37.7 Å². The van der Waals surface area contributed by atoms with Crippen molar-refractivity contribution in [2.24, 2.45) is 0 Å². The maximum Gasteiger partial charge on any atom is 0.272 e. The zero-order chi connectivity index (χ0) is 36.5. The SMILES string of the molecule is COc1cccc(-c2csc(NC(=O)C(Sc3cccc(NC(=O)/C(=C\c4ccc(Cl)cc4Cl)NC(=O)c4ccccc4)c3)c3ccccc3)n2)c1. The van der Waals surface area contributed by atoms with Gasteiger partial charge in [0.1, 0.15) is 16.7 Å². The van der Waals surface area contributed by atoms with Crippen LogP contribution in [0.3, 0.4) is 0 Å². The van der Waals surface area contributed by atoms with Crippen molar-refractivity contribution in [3.63, 3.8) is 0 Å². The number of halogens is 2. The number of aromatic nitrogens is 1. The molecule has 1 aromatic heterocycles. The van der Waals surface area contributed by atoms with Gasteiger partial charge in [0.15, 0.2) is 5.13 Å². The van der Waals surface area contributed by atoms with Crippen LogP contribution in [0.15, 0.2) is 143 Å². The van der Waals surface area contributed by atoms with Crippen molar-refractivity contribution in [1.29, 1.82) is 0 Å². The van der Waals surface area contributed by atoms with Gasteiger partial charge in [0.2, 0.25) is 5.91 Å². The molecule has 0 aliphatic carbocycles. The number of nitrogens with one attached hydrogen (secondary N) is 3. The van der Waals surface area contributed by atoms with Crippen molar-refractivity contribution in [3.05, 3.63) is 165 Å². The molecule has 1 unspecified atom stereocenters. The molecule has 0 fully saturated rings. The first-order valence-corrected chi connectivity index (χ1v) is 18.3. The molecule has 0 bridgehead atoms. The van der Waals surface area contributed by atoms with Crippen LogP contribution in [0.25, 0.3) is 17.3 Å². The average Bonchev–Trinajstić information content (AvgIpc) is 3.63. The number of ether oxygens (including phenoxy) is 1. The molecule has 5 aromatic carbocycles. The number of nitrogens with zero attached hydrogens (tertiary/aromatic N) is 1. The summed E-state index contributed by atoms with van der Waals surface area (Å²) in [7, 11) is 1.61. The molecule has 6 aromatic rings. The van der Waals surface area contributed by atoms with Gasteiger partial charge in [0.25, 0.3) is 11.8 Å². The quantitative estimate of drug-likeness (QED) is 0.0846. The minimum absolute atomic E-state index is 0.0329. The summed E-state index contributed by atoms with van der Waals surface area (Å²) >= 11 is 15.1. The van der Waals surface area contributed by atoms with Gasteiger partial charge in [-0.25, -0.2) is 4.98 Å². The van der Waals surface area contributed by atoms with Crippen LogP contribution in [0.4, 0.5) is 10.8 Å². The molecule has 0 aliphatic heterocycles. The van der Waals surface area contributed by atoms with E-state index in [2.05, 4.69) is 20.9 Å². The van der Waals surface area contributed by atoms with Crippen LogP contribution in [0.5, 0.6) is 5.75 Å². The molecule has 0 saturated carbocycles. The van der Waals surface area contributed by atoms with E-state index in [-0.39, 0.29) is 11.6 Å². The number of carbonyl (C=O) groups excluding carboxylic acids is 3. The highest BCUT2D eigenvalue weighted by molar-refractivity contribution is 8.00. The van der Waals surface area contributed by atoms with Crippen LogP contribution in [-0.4, -0.2) is 29.8 Å². The van der Waals surface area contributed by atoms with Crippen LogP contribution in [-0.2, 0) is 9.59 Å².